The first kappa shape index (κ1) is 23.2. The SMILES string of the molecule is N=C1/C(=C(/O)c2ccc(Cl)cc2)C(c2cccs2)C2=C(CCCC2=O)N1c1ccc(Cl)c(Cl)c1. The predicted octanol–water partition coefficient (Wildman–Crippen LogP) is 8.27. The Hall–Kier alpha value is -2.57. The minimum atomic E-state index is -0.537. The predicted molar refractivity (Wildman–Crippen MR) is 141 cm³/mol. The lowest BCUT2D eigenvalue weighted by molar-refractivity contribution is -0.116. The van der Waals surface area contributed by atoms with Crippen LogP contribution in [0.4, 0.5) is 5.69 Å². The maximum absolute atomic E-state index is 13.4. The maximum Gasteiger partial charge on any atom is 0.161 e. The van der Waals surface area contributed by atoms with Crippen molar-refractivity contribution in [2.24, 2.45) is 0 Å². The number of halogens is 3. The van der Waals surface area contributed by atoms with Gasteiger partial charge in [-0.15, -0.1) is 11.3 Å². The van der Waals surface area contributed by atoms with Crippen LogP contribution in [-0.2, 0) is 4.79 Å². The summed E-state index contributed by atoms with van der Waals surface area (Å²) in [4.78, 5) is 16.0. The van der Waals surface area contributed by atoms with Crippen LogP contribution in [0.5, 0.6) is 0 Å². The number of nitrogens with zero attached hydrogens (tertiary/aromatic N) is 1. The van der Waals surface area contributed by atoms with E-state index in [1.165, 1.54) is 11.3 Å². The number of allylic oxidation sites excluding steroid dienone is 2. The van der Waals surface area contributed by atoms with Crippen LogP contribution >= 0.6 is 46.1 Å². The molecule has 34 heavy (non-hydrogen) atoms. The molecule has 0 saturated carbocycles. The molecule has 5 rings (SSSR count). The van der Waals surface area contributed by atoms with Crippen molar-refractivity contribution in [3.8, 4) is 0 Å². The Bertz CT molecular complexity index is 1360. The molecule has 1 atom stereocenters. The quantitative estimate of drug-likeness (QED) is 0.336. The Morgan fingerprint density at radius 3 is 2.47 bits per heavy atom. The number of anilines is 1. The van der Waals surface area contributed by atoms with Gasteiger partial charge in [0.15, 0.2) is 5.78 Å². The highest BCUT2D eigenvalue weighted by Crippen LogP contribution is 2.49. The number of thiophene rings is 1. The van der Waals surface area contributed by atoms with E-state index >= 15 is 0 Å². The van der Waals surface area contributed by atoms with Gasteiger partial charge in [0.2, 0.25) is 0 Å². The minimum absolute atomic E-state index is 0.0265. The van der Waals surface area contributed by atoms with E-state index in [2.05, 4.69) is 0 Å². The average molecular weight is 530 g/mol. The van der Waals surface area contributed by atoms with E-state index in [1.807, 2.05) is 17.5 Å². The van der Waals surface area contributed by atoms with E-state index in [1.54, 1.807) is 47.4 Å². The molecule has 3 aromatic rings. The molecule has 1 aliphatic carbocycles. The molecular weight excluding hydrogens is 511 g/mol. The summed E-state index contributed by atoms with van der Waals surface area (Å²) >= 11 is 20.0. The first-order chi connectivity index (χ1) is 16.4. The Morgan fingerprint density at radius 2 is 1.79 bits per heavy atom. The largest absolute Gasteiger partial charge is 0.507 e. The highest BCUT2D eigenvalue weighted by molar-refractivity contribution is 7.10. The number of hydrogen-bond acceptors (Lipinski definition) is 4. The number of Topliss-reactive ketones (excluding diaryl/α,β-unsaturated/α-hetero) is 1. The van der Waals surface area contributed by atoms with Gasteiger partial charge in [0.25, 0.3) is 0 Å². The van der Waals surface area contributed by atoms with Gasteiger partial charge in [0.1, 0.15) is 11.6 Å². The first-order valence-electron chi connectivity index (χ1n) is 10.7. The van der Waals surface area contributed by atoms with Gasteiger partial charge in [-0.25, -0.2) is 0 Å². The Morgan fingerprint density at radius 1 is 1.03 bits per heavy atom. The van der Waals surface area contributed by atoms with Crippen LogP contribution < -0.4 is 4.90 Å². The topological polar surface area (TPSA) is 64.4 Å². The summed E-state index contributed by atoms with van der Waals surface area (Å²) in [7, 11) is 0. The molecule has 1 unspecified atom stereocenters. The van der Waals surface area contributed by atoms with Crippen molar-refractivity contribution in [3.63, 3.8) is 0 Å². The van der Waals surface area contributed by atoms with Gasteiger partial charge in [-0.05, 0) is 66.8 Å². The van der Waals surface area contributed by atoms with E-state index in [9.17, 15) is 15.3 Å². The fraction of sp³-hybridized carbons (Fsp3) is 0.154. The van der Waals surface area contributed by atoms with E-state index in [4.69, 9.17) is 34.8 Å². The zero-order valence-corrected chi connectivity index (χ0v) is 20.9. The summed E-state index contributed by atoms with van der Waals surface area (Å²) in [6.45, 7) is 0. The molecule has 0 saturated heterocycles. The van der Waals surface area contributed by atoms with Gasteiger partial charge in [0, 0.05) is 38.8 Å². The Balaban J connectivity index is 1.81. The number of hydrogen-bond donors (Lipinski definition) is 2. The van der Waals surface area contributed by atoms with E-state index < -0.39 is 5.92 Å². The normalized spacial score (nSPS) is 20.0. The number of aliphatic hydroxyl groups excluding tert-OH is 1. The summed E-state index contributed by atoms with van der Waals surface area (Å²) in [5.41, 5.74) is 2.89. The highest BCUT2D eigenvalue weighted by Gasteiger charge is 2.43. The van der Waals surface area contributed by atoms with Crippen LogP contribution in [0.1, 0.15) is 35.6 Å². The summed E-state index contributed by atoms with van der Waals surface area (Å²) < 4.78 is 0. The van der Waals surface area contributed by atoms with Crippen LogP contribution in [0.15, 0.2) is 76.8 Å². The van der Waals surface area contributed by atoms with Gasteiger partial charge in [0.05, 0.1) is 21.5 Å². The number of carbonyl (C=O) groups is 1. The third-order valence-electron chi connectivity index (χ3n) is 6.12. The molecule has 4 nitrogen and oxygen atoms in total. The summed E-state index contributed by atoms with van der Waals surface area (Å²) in [6, 6.07) is 15.8. The lowest BCUT2D eigenvalue weighted by Crippen LogP contribution is -2.42. The van der Waals surface area contributed by atoms with Crippen LogP contribution in [0.25, 0.3) is 5.76 Å². The molecule has 2 aromatic carbocycles. The van der Waals surface area contributed by atoms with Gasteiger partial charge < -0.3 is 5.11 Å². The van der Waals surface area contributed by atoms with Crippen molar-refractivity contribution in [2.75, 3.05) is 4.90 Å². The Kier molecular flexibility index (Phi) is 6.30. The standard InChI is InChI=1S/C26H19Cl3N2O2S/c27-15-8-6-14(7-9-15)25(33)24-23(21-5-2-12-34-21)22-19(3-1-4-20(22)32)31(26(24)30)16-10-11-17(28)18(29)13-16/h2,5-13,23,30,33H,1,3-4H2/b25-24+,30-26?. The Labute approximate surface area is 216 Å². The number of carbonyl (C=O) groups excluding carboxylic acids is 1. The molecule has 0 radical (unpaired) electrons. The van der Waals surface area contributed by atoms with Crippen molar-refractivity contribution in [1.29, 1.82) is 5.41 Å². The number of benzene rings is 2. The van der Waals surface area contributed by atoms with Crippen LogP contribution in [0.3, 0.4) is 0 Å². The van der Waals surface area contributed by atoms with Crippen molar-refractivity contribution in [2.45, 2.75) is 25.2 Å². The highest BCUT2D eigenvalue weighted by atomic mass is 35.5. The fourth-order valence-electron chi connectivity index (χ4n) is 4.60. The lowest BCUT2D eigenvalue weighted by atomic mass is 9.76. The summed E-state index contributed by atoms with van der Waals surface area (Å²) in [5.74, 6) is -0.476. The average Bonchev–Trinajstić information content (AvgIpc) is 3.35. The monoisotopic (exact) mass is 528 g/mol. The molecule has 2 heterocycles. The van der Waals surface area contributed by atoms with Gasteiger partial charge >= 0.3 is 0 Å². The second-order valence-corrected chi connectivity index (χ2v) is 10.4. The molecule has 8 heteroatoms. The van der Waals surface area contributed by atoms with Crippen LogP contribution in [0.2, 0.25) is 15.1 Å². The molecule has 2 aliphatic rings. The summed E-state index contributed by atoms with van der Waals surface area (Å²) in [6.07, 6.45) is 1.76. The molecule has 1 aliphatic heterocycles. The number of rotatable bonds is 3. The smallest absolute Gasteiger partial charge is 0.161 e. The molecule has 0 amide bonds. The van der Waals surface area contributed by atoms with E-state index in [0.29, 0.717) is 56.7 Å². The molecule has 0 spiro atoms. The van der Waals surface area contributed by atoms with Crippen molar-refractivity contribution < 1.29 is 9.90 Å². The second kappa shape index (κ2) is 9.23. The van der Waals surface area contributed by atoms with Gasteiger partial charge in [-0.1, -0.05) is 40.9 Å². The van der Waals surface area contributed by atoms with Gasteiger partial charge in [-0.3, -0.25) is 15.1 Å². The van der Waals surface area contributed by atoms with Crippen molar-refractivity contribution in [1.82, 2.24) is 0 Å². The second-order valence-electron chi connectivity index (χ2n) is 8.14. The van der Waals surface area contributed by atoms with Crippen molar-refractivity contribution >= 4 is 69.2 Å². The number of amidine groups is 1. The molecule has 172 valence electrons. The lowest BCUT2D eigenvalue weighted by Gasteiger charge is -2.41. The molecular formula is C26H19Cl3N2O2S. The first-order valence-corrected chi connectivity index (χ1v) is 12.7. The fourth-order valence-corrected chi connectivity index (χ4v) is 5.87. The maximum atomic E-state index is 13.4. The molecule has 0 fully saturated rings. The third-order valence-corrected chi connectivity index (χ3v) is 8.04. The van der Waals surface area contributed by atoms with E-state index in [0.717, 1.165) is 10.6 Å². The molecule has 0 bridgehead atoms. The summed E-state index contributed by atoms with van der Waals surface area (Å²) in [5, 5.41) is 24.0. The minimum Gasteiger partial charge on any atom is -0.507 e. The third kappa shape index (κ3) is 3.97. The number of nitrogens with one attached hydrogen (secondary N) is 1. The van der Waals surface area contributed by atoms with Crippen molar-refractivity contribution in [3.05, 3.63) is 102 Å². The zero-order valence-electron chi connectivity index (χ0n) is 17.8. The zero-order chi connectivity index (χ0) is 24.0. The van der Waals surface area contributed by atoms with Crippen LogP contribution in [-0.4, -0.2) is 16.7 Å². The number of aliphatic hydroxyl groups is 1. The van der Waals surface area contributed by atoms with E-state index in [-0.39, 0.29) is 17.4 Å². The van der Waals surface area contributed by atoms with Gasteiger partial charge in [-0.2, -0.15) is 0 Å². The molecule has 2 N–H and O–H groups in total. The molecule has 1 aromatic heterocycles. The number of ketones is 1. The van der Waals surface area contributed by atoms with Crippen LogP contribution in [0, 0.1) is 5.41 Å².